The fourth-order valence-electron chi connectivity index (χ4n) is 3.62. The van der Waals surface area contributed by atoms with Gasteiger partial charge in [0, 0.05) is 37.2 Å². The van der Waals surface area contributed by atoms with Crippen molar-refractivity contribution >= 4 is 5.91 Å². The molecule has 1 amide bonds. The van der Waals surface area contributed by atoms with Crippen molar-refractivity contribution in [3.63, 3.8) is 0 Å². The van der Waals surface area contributed by atoms with Crippen LogP contribution in [0.2, 0.25) is 0 Å². The molecule has 1 atom stereocenters. The zero-order valence-electron chi connectivity index (χ0n) is 16.2. The fourth-order valence-corrected chi connectivity index (χ4v) is 3.62. The minimum absolute atomic E-state index is 0.0534. The molecule has 0 saturated heterocycles. The lowest BCUT2D eigenvalue weighted by molar-refractivity contribution is 0.0951. The van der Waals surface area contributed by atoms with Crippen molar-refractivity contribution in [2.75, 3.05) is 6.54 Å². The van der Waals surface area contributed by atoms with Crippen LogP contribution in [-0.2, 0) is 0 Å². The van der Waals surface area contributed by atoms with Gasteiger partial charge in [-0.05, 0) is 32.4 Å². The first-order valence-corrected chi connectivity index (χ1v) is 9.36. The van der Waals surface area contributed by atoms with Crippen molar-refractivity contribution in [3.05, 3.63) is 58.9 Å². The lowest BCUT2D eigenvalue weighted by Gasteiger charge is -2.19. The van der Waals surface area contributed by atoms with Crippen LogP contribution in [0.1, 0.15) is 59.5 Å². The highest BCUT2D eigenvalue weighted by atomic mass is 16.1. The van der Waals surface area contributed by atoms with Crippen LogP contribution in [-0.4, -0.2) is 22.7 Å². The zero-order valence-corrected chi connectivity index (χ0v) is 16.2. The van der Waals surface area contributed by atoms with Gasteiger partial charge in [0.2, 0.25) is 0 Å². The van der Waals surface area contributed by atoms with E-state index in [4.69, 9.17) is 6.42 Å². The number of hydrogen-bond donors (Lipinski definition) is 1. The molecule has 0 aliphatic carbocycles. The van der Waals surface area contributed by atoms with Crippen LogP contribution in [0.25, 0.3) is 0 Å². The van der Waals surface area contributed by atoms with E-state index < -0.39 is 0 Å². The van der Waals surface area contributed by atoms with Crippen molar-refractivity contribution in [2.24, 2.45) is 10.2 Å². The molecule has 27 heavy (non-hydrogen) atoms. The molecule has 2 heterocycles. The number of benzene rings is 1. The second-order valence-corrected chi connectivity index (χ2v) is 7.13. The van der Waals surface area contributed by atoms with Crippen LogP contribution >= 0.6 is 0 Å². The molecule has 5 nitrogen and oxygen atoms in total. The first-order valence-electron chi connectivity index (χ1n) is 9.36. The molecule has 1 aliphatic rings. The number of carbonyl (C=O) groups excluding carboxylic acids is 1. The van der Waals surface area contributed by atoms with E-state index in [9.17, 15) is 4.79 Å². The van der Waals surface area contributed by atoms with E-state index in [1.165, 1.54) is 5.56 Å². The summed E-state index contributed by atoms with van der Waals surface area (Å²) in [6.07, 6.45) is 7.41. The standard InChI is InChI=1S/C22H26N4O/c1-5-6-12-22(24-25-22)13-14-23-21(27)20-15-16(2)26(18(20)4)17(3)19-10-8-7-9-11-19/h1,7-11,15,17H,6,12-14H2,2-4H3,(H,23,27). The van der Waals surface area contributed by atoms with E-state index in [2.05, 4.69) is 45.1 Å². The van der Waals surface area contributed by atoms with Crippen LogP contribution in [0.5, 0.6) is 0 Å². The van der Waals surface area contributed by atoms with Crippen molar-refractivity contribution in [3.8, 4) is 12.3 Å². The second kappa shape index (κ2) is 7.79. The van der Waals surface area contributed by atoms with Crippen molar-refractivity contribution in [2.45, 2.75) is 51.7 Å². The topological polar surface area (TPSA) is 58.8 Å². The molecule has 1 aliphatic heterocycles. The molecule has 1 N–H and O–H groups in total. The summed E-state index contributed by atoms with van der Waals surface area (Å²) in [5.74, 6) is 2.57. The van der Waals surface area contributed by atoms with E-state index in [0.717, 1.165) is 23.4 Å². The molecule has 5 heteroatoms. The maximum Gasteiger partial charge on any atom is 0.253 e. The predicted molar refractivity (Wildman–Crippen MR) is 107 cm³/mol. The van der Waals surface area contributed by atoms with E-state index in [-0.39, 0.29) is 17.6 Å². The lowest BCUT2D eigenvalue weighted by Crippen LogP contribution is -2.28. The summed E-state index contributed by atoms with van der Waals surface area (Å²) in [6, 6.07) is 12.4. The summed E-state index contributed by atoms with van der Waals surface area (Å²) in [5, 5.41) is 11.2. The van der Waals surface area contributed by atoms with Gasteiger partial charge in [0.1, 0.15) is 0 Å². The summed E-state index contributed by atoms with van der Waals surface area (Å²) >= 11 is 0. The third kappa shape index (κ3) is 4.11. The van der Waals surface area contributed by atoms with E-state index in [0.29, 0.717) is 19.4 Å². The van der Waals surface area contributed by atoms with E-state index in [1.807, 2.05) is 38.1 Å². The van der Waals surface area contributed by atoms with Gasteiger partial charge in [0.15, 0.2) is 5.66 Å². The minimum Gasteiger partial charge on any atom is -0.352 e. The van der Waals surface area contributed by atoms with Crippen molar-refractivity contribution in [1.29, 1.82) is 0 Å². The van der Waals surface area contributed by atoms with E-state index >= 15 is 0 Å². The normalized spacial score (nSPS) is 15.2. The Bertz CT molecular complexity index is 883. The van der Waals surface area contributed by atoms with Gasteiger partial charge in [0.05, 0.1) is 11.6 Å². The maximum atomic E-state index is 12.7. The molecule has 2 aromatic rings. The molecule has 1 aromatic carbocycles. The average Bonchev–Trinajstić information content (AvgIpc) is 3.38. The van der Waals surface area contributed by atoms with Gasteiger partial charge in [-0.1, -0.05) is 30.3 Å². The van der Waals surface area contributed by atoms with Crippen LogP contribution in [0.4, 0.5) is 0 Å². The van der Waals surface area contributed by atoms with Gasteiger partial charge < -0.3 is 9.88 Å². The molecule has 0 bridgehead atoms. The van der Waals surface area contributed by atoms with Gasteiger partial charge in [-0.3, -0.25) is 4.79 Å². The Kier molecular flexibility index (Phi) is 5.46. The number of hydrogen-bond acceptors (Lipinski definition) is 3. The maximum absolute atomic E-state index is 12.7. The highest BCUT2D eigenvalue weighted by molar-refractivity contribution is 5.95. The SMILES string of the molecule is C#CCCC1(CCNC(=O)c2cc(C)n(C(C)c3ccccc3)c2C)N=N1. The number of aryl methyl sites for hydroxylation is 1. The number of rotatable bonds is 8. The summed E-state index contributed by atoms with van der Waals surface area (Å²) in [6.45, 7) is 6.73. The van der Waals surface area contributed by atoms with Crippen molar-refractivity contribution < 1.29 is 4.79 Å². The summed E-state index contributed by atoms with van der Waals surface area (Å²) in [5.41, 5.74) is 3.63. The first kappa shape index (κ1) is 18.9. The lowest BCUT2D eigenvalue weighted by atomic mass is 10.0. The van der Waals surface area contributed by atoms with Gasteiger partial charge in [-0.15, -0.1) is 12.3 Å². The first-order chi connectivity index (χ1) is 13.0. The zero-order chi connectivity index (χ0) is 19.4. The van der Waals surface area contributed by atoms with E-state index in [1.54, 1.807) is 0 Å². The molecular formula is C22H26N4O. The third-order valence-electron chi connectivity index (χ3n) is 5.26. The Balaban J connectivity index is 1.65. The molecule has 0 spiro atoms. The van der Waals surface area contributed by atoms with Gasteiger partial charge in [-0.25, -0.2) is 0 Å². The molecule has 1 unspecified atom stereocenters. The highest BCUT2D eigenvalue weighted by Gasteiger charge is 2.38. The minimum atomic E-state index is -0.363. The molecule has 0 fully saturated rings. The largest absolute Gasteiger partial charge is 0.352 e. The monoisotopic (exact) mass is 362 g/mol. The number of nitrogens with one attached hydrogen (secondary N) is 1. The fraction of sp³-hybridized carbons (Fsp3) is 0.409. The molecule has 0 radical (unpaired) electrons. The van der Waals surface area contributed by atoms with Crippen molar-refractivity contribution in [1.82, 2.24) is 9.88 Å². The van der Waals surface area contributed by atoms with Crippen LogP contribution in [0, 0.1) is 26.2 Å². The molecule has 3 rings (SSSR count). The highest BCUT2D eigenvalue weighted by Crippen LogP contribution is 2.36. The molecule has 0 saturated carbocycles. The van der Waals surface area contributed by atoms with Gasteiger partial charge in [-0.2, -0.15) is 10.2 Å². The quantitative estimate of drug-likeness (QED) is 0.695. The van der Waals surface area contributed by atoms with Crippen LogP contribution in [0.15, 0.2) is 46.6 Å². The molecule has 1 aromatic heterocycles. The summed E-state index contributed by atoms with van der Waals surface area (Å²) in [4.78, 5) is 12.7. The number of carbonyl (C=O) groups is 1. The Morgan fingerprint density at radius 1 is 1.26 bits per heavy atom. The summed E-state index contributed by atoms with van der Waals surface area (Å²) in [7, 11) is 0. The molecule has 140 valence electrons. The summed E-state index contributed by atoms with van der Waals surface area (Å²) < 4.78 is 2.21. The number of nitrogens with zero attached hydrogens (tertiary/aromatic N) is 3. The third-order valence-corrected chi connectivity index (χ3v) is 5.26. The predicted octanol–water partition coefficient (Wildman–Crippen LogP) is 4.41. The Morgan fingerprint density at radius 2 is 1.96 bits per heavy atom. The molecular weight excluding hydrogens is 336 g/mol. The Hall–Kier alpha value is -2.87. The van der Waals surface area contributed by atoms with Gasteiger partial charge in [0.25, 0.3) is 5.91 Å². The van der Waals surface area contributed by atoms with Crippen LogP contribution in [0.3, 0.4) is 0 Å². The smallest absolute Gasteiger partial charge is 0.253 e. The number of amides is 1. The second-order valence-electron chi connectivity index (χ2n) is 7.13. The number of aromatic nitrogens is 1. The van der Waals surface area contributed by atoms with Gasteiger partial charge >= 0.3 is 0 Å². The average molecular weight is 362 g/mol. The Morgan fingerprint density at radius 3 is 2.59 bits per heavy atom. The van der Waals surface area contributed by atoms with Crippen LogP contribution < -0.4 is 5.32 Å². The Labute approximate surface area is 160 Å². The number of terminal acetylenes is 1.